The highest BCUT2D eigenvalue weighted by atomic mass is 16.1. The lowest BCUT2D eigenvalue weighted by Crippen LogP contribution is -2.14. The molecule has 0 spiro atoms. The SMILES string of the molecule is O=C(Nc1cc2n(n1)CCC2)c1cc2ccccc2cn1. The smallest absolute Gasteiger partial charge is 0.275 e. The molecule has 5 heteroatoms. The van der Waals surface area contributed by atoms with Crippen molar-refractivity contribution in [3.05, 3.63) is 54.0 Å². The molecule has 1 amide bonds. The fraction of sp³-hybridized carbons (Fsp3) is 0.188. The molecule has 5 nitrogen and oxygen atoms in total. The van der Waals surface area contributed by atoms with Crippen molar-refractivity contribution in [2.45, 2.75) is 19.4 Å². The molecule has 3 heterocycles. The summed E-state index contributed by atoms with van der Waals surface area (Å²) in [5, 5.41) is 9.22. The van der Waals surface area contributed by atoms with Crippen LogP contribution in [0.5, 0.6) is 0 Å². The van der Waals surface area contributed by atoms with Gasteiger partial charge in [-0.15, -0.1) is 0 Å². The van der Waals surface area contributed by atoms with Crippen molar-refractivity contribution in [2.24, 2.45) is 0 Å². The second-order valence-corrected chi connectivity index (χ2v) is 5.22. The van der Waals surface area contributed by atoms with Gasteiger partial charge in [0.2, 0.25) is 0 Å². The highest BCUT2D eigenvalue weighted by Gasteiger charge is 2.16. The Hall–Kier alpha value is -2.69. The van der Waals surface area contributed by atoms with Crippen LogP contribution < -0.4 is 5.32 Å². The van der Waals surface area contributed by atoms with Gasteiger partial charge in [-0.05, 0) is 24.3 Å². The van der Waals surface area contributed by atoms with Gasteiger partial charge in [0.1, 0.15) is 5.69 Å². The second-order valence-electron chi connectivity index (χ2n) is 5.22. The van der Waals surface area contributed by atoms with Gasteiger partial charge in [0.05, 0.1) is 0 Å². The zero-order chi connectivity index (χ0) is 14.2. The fourth-order valence-corrected chi connectivity index (χ4v) is 2.71. The normalized spacial score (nSPS) is 13.3. The first-order valence-electron chi connectivity index (χ1n) is 7.02. The molecule has 0 saturated heterocycles. The van der Waals surface area contributed by atoms with Gasteiger partial charge in [-0.3, -0.25) is 14.5 Å². The van der Waals surface area contributed by atoms with Crippen molar-refractivity contribution in [2.75, 3.05) is 5.32 Å². The molecule has 2 aromatic heterocycles. The van der Waals surface area contributed by atoms with Crippen LogP contribution in [0, 0.1) is 0 Å². The monoisotopic (exact) mass is 278 g/mol. The largest absolute Gasteiger partial charge is 0.304 e. The maximum Gasteiger partial charge on any atom is 0.275 e. The highest BCUT2D eigenvalue weighted by Crippen LogP contribution is 2.19. The summed E-state index contributed by atoms with van der Waals surface area (Å²) in [7, 11) is 0. The number of nitrogens with zero attached hydrogens (tertiary/aromatic N) is 3. The lowest BCUT2D eigenvalue weighted by molar-refractivity contribution is 0.102. The molecule has 21 heavy (non-hydrogen) atoms. The van der Waals surface area contributed by atoms with Crippen LogP contribution in [0.2, 0.25) is 0 Å². The molecule has 0 fully saturated rings. The number of carbonyl (C=O) groups excluding carboxylic acids is 1. The fourth-order valence-electron chi connectivity index (χ4n) is 2.71. The summed E-state index contributed by atoms with van der Waals surface area (Å²) in [6.07, 6.45) is 3.87. The Morgan fingerprint density at radius 1 is 1.19 bits per heavy atom. The molecule has 0 atom stereocenters. The molecular formula is C16H14N4O. The Labute approximate surface area is 121 Å². The number of rotatable bonds is 2. The Morgan fingerprint density at radius 3 is 2.90 bits per heavy atom. The quantitative estimate of drug-likeness (QED) is 0.784. The topological polar surface area (TPSA) is 59.8 Å². The van der Waals surface area contributed by atoms with Crippen LogP contribution in [-0.4, -0.2) is 20.7 Å². The van der Waals surface area contributed by atoms with E-state index in [0.29, 0.717) is 11.5 Å². The van der Waals surface area contributed by atoms with Crippen molar-refractivity contribution >= 4 is 22.5 Å². The molecule has 104 valence electrons. The molecule has 0 radical (unpaired) electrons. The van der Waals surface area contributed by atoms with E-state index in [2.05, 4.69) is 15.4 Å². The van der Waals surface area contributed by atoms with Gasteiger partial charge >= 0.3 is 0 Å². The minimum absolute atomic E-state index is 0.225. The van der Waals surface area contributed by atoms with Crippen LogP contribution in [0.4, 0.5) is 5.82 Å². The number of anilines is 1. The molecular weight excluding hydrogens is 264 g/mol. The Kier molecular flexibility index (Phi) is 2.70. The third-order valence-corrected chi connectivity index (χ3v) is 3.77. The van der Waals surface area contributed by atoms with E-state index in [1.165, 1.54) is 5.69 Å². The number of aryl methyl sites for hydroxylation is 2. The van der Waals surface area contributed by atoms with Crippen LogP contribution in [-0.2, 0) is 13.0 Å². The molecule has 1 N–H and O–H groups in total. The number of pyridine rings is 1. The van der Waals surface area contributed by atoms with Crippen molar-refractivity contribution in [1.82, 2.24) is 14.8 Å². The molecule has 0 unspecified atom stereocenters. The number of fused-ring (bicyclic) bond motifs is 2. The number of amides is 1. The zero-order valence-electron chi connectivity index (χ0n) is 11.4. The van der Waals surface area contributed by atoms with Gasteiger partial charge in [-0.25, -0.2) is 0 Å². The summed E-state index contributed by atoms with van der Waals surface area (Å²) < 4.78 is 1.95. The van der Waals surface area contributed by atoms with Crippen molar-refractivity contribution in [3.8, 4) is 0 Å². The van der Waals surface area contributed by atoms with E-state index in [9.17, 15) is 4.79 Å². The van der Waals surface area contributed by atoms with Gasteiger partial charge in [0, 0.05) is 29.9 Å². The van der Waals surface area contributed by atoms with E-state index in [-0.39, 0.29) is 5.91 Å². The first-order valence-corrected chi connectivity index (χ1v) is 7.02. The highest BCUT2D eigenvalue weighted by molar-refractivity contribution is 6.04. The second kappa shape index (κ2) is 4.70. The first kappa shape index (κ1) is 12.1. The van der Waals surface area contributed by atoms with Crippen LogP contribution in [0.15, 0.2) is 42.6 Å². The third kappa shape index (κ3) is 2.16. The van der Waals surface area contributed by atoms with Gasteiger partial charge in [-0.2, -0.15) is 5.10 Å². The molecule has 1 aliphatic heterocycles. The summed E-state index contributed by atoms with van der Waals surface area (Å²) in [6.45, 7) is 0.930. The number of benzene rings is 1. The van der Waals surface area contributed by atoms with Crippen LogP contribution in [0.25, 0.3) is 10.8 Å². The molecule has 3 aromatic rings. The maximum atomic E-state index is 12.3. The molecule has 1 aromatic carbocycles. The Balaban J connectivity index is 1.60. The summed E-state index contributed by atoms with van der Waals surface area (Å²) in [5.41, 5.74) is 1.58. The molecule has 0 aliphatic carbocycles. The van der Waals surface area contributed by atoms with E-state index in [1.807, 2.05) is 35.0 Å². The number of nitrogens with one attached hydrogen (secondary N) is 1. The van der Waals surface area contributed by atoms with Crippen LogP contribution in [0.1, 0.15) is 22.6 Å². The molecule has 0 saturated carbocycles. The minimum Gasteiger partial charge on any atom is -0.304 e. The lowest BCUT2D eigenvalue weighted by Gasteiger charge is -2.03. The van der Waals surface area contributed by atoms with Crippen molar-refractivity contribution in [3.63, 3.8) is 0 Å². The van der Waals surface area contributed by atoms with E-state index in [4.69, 9.17) is 0 Å². The lowest BCUT2D eigenvalue weighted by atomic mass is 10.1. The van der Waals surface area contributed by atoms with Gasteiger partial charge in [0.25, 0.3) is 5.91 Å². The molecule has 4 rings (SSSR count). The van der Waals surface area contributed by atoms with Crippen molar-refractivity contribution < 1.29 is 4.79 Å². The van der Waals surface area contributed by atoms with E-state index in [0.717, 1.165) is 30.2 Å². The number of hydrogen-bond donors (Lipinski definition) is 1. The molecule has 0 bridgehead atoms. The first-order chi connectivity index (χ1) is 10.3. The van der Waals surface area contributed by atoms with Crippen LogP contribution in [0.3, 0.4) is 0 Å². The predicted octanol–water partition coefficient (Wildman–Crippen LogP) is 2.63. The zero-order valence-corrected chi connectivity index (χ0v) is 11.4. The number of carbonyl (C=O) groups is 1. The summed E-state index contributed by atoms with van der Waals surface area (Å²) in [6, 6.07) is 11.6. The van der Waals surface area contributed by atoms with E-state index >= 15 is 0 Å². The minimum atomic E-state index is -0.225. The van der Waals surface area contributed by atoms with Gasteiger partial charge in [-0.1, -0.05) is 24.3 Å². The van der Waals surface area contributed by atoms with Gasteiger partial charge < -0.3 is 5.32 Å². The van der Waals surface area contributed by atoms with E-state index in [1.54, 1.807) is 12.3 Å². The van der Waals surface area contributed by atoms with E-state index < -0.39 is 0 Å². The average molecular weight is 278 g/mol. The van der Waals surface area contributed by atoms with Crippen LogP contribution >= 0.6 is 0 Å². The summed E-state index contributed by atoms with van der Waals surface area (Å²) in [4.78, 5) is 16.5. The standard InChI is InChI=1S/C16H14N4O/c21-16(18-15-9-13-6-3-7-20(13)19-15)14-8-11-4-1-2-5-12(11)10-17-14/h1-2,4-5,8-10H,3,6-7H2,(H,18,19,21). The van der Waals surface area contributed by atoms with Gasteiger partial charge in [0.15, 0.2) is 5.82 Å². The predicted molar refractivity (Wildman–Crippen MR) is 80.2 cm³/mol. The molecule has 1 aliphatic rings. The average Bonchev–Trinajstić information content (AvgIpc) is 3.08. The number of aromatic nitrogens is 3. The summed E-state index contributed by atoms with van der Waals surface area (Å²) in [5.74, 6) is 0.377. The summed E-state index contributed by atoms with van der Waals surface area (Å²) >= 11 is 0. The maximum absolute atomic E-state index is 12.3. The Bertz CT molecular complexity index is 816. The van der Waals surface area contributed by atoms with Crippen molar-refractivity contribution in [1.29, 1.82) is 0 Å². The number of hydrogen-bond acceptors (Lipinski definition) is 3. The Morgan fingerprint density at radius 2 is 2.05 bits per heavy atom. The third-order valence-electron chi connectivity index (χ3n) is 3.77.